The second kappa shape index (κ2) is 5.78. The molecule has 2 fully saturated rings. The lowest BCUT2D eigenvalue weighted by molar-refractivity contribution is 0.0139. The summed E-state index contributed by atoms with van der Waals surface area (Å²) in [6.07, 6.45) is 4.62. The Morgan fingerprint density at radius 2 is 1.80 bits per heavy atom. The minimum atomic E-state index is -0.428. The van der Waals surface area contributed by atoms with E-state index in [1.807, 2.05) is 0 Å². The molecule has 1 aromatic carbocycles. The average molecular weight is 281 g/mol. The van der Waals surface area contributed by atoms with Crippen LogP contribution in [0.1, 0.15) is 31.2 Å². The SMILES string of the molecule is Fc1cccc(F)c1CC1(CNC2CC2)CCOCC1. The molecule has 1 saturated heterocycles. The van der Waals surface area contributed by atoms with Crippen LogP contribution in [-0.4, -0.2) is 25.8 Å². The lowest BCUT2D eigenvalue weighted by atomic mass is 9.75. The zero-order valence-electron chi connectivity index (χ0n) is 11.6. The predicted molar refractivity (Wildman–Crippen MR) is 73.6 cm³/mol. The van der Waals surface area contributed by atoms with Crippen LogP contribution in [0.2, 0.25) is 0 Å². The van der Waals surface area contributed by atoms with Crippen molar-refractivity contribution in [3.05, 3.63) is 35.4 Å². The van der Waals surface area contributed by atoms with E-state index in [2.05, 4.69) is 5.32 Å². The molecule has 4 heteroatoms. The first-order chi connectivity index (χ1) is 9.69. The Morgan fingerprint density at radius 3 is 2.40 bits per heavy atom. The van der Waals surface area contributed by atoms with Crippen LogP contribution in [0.3, 0.4) is 0 Å². The molecule has 2 nitrogen and oxygen atoms in total. The van der Waals surface area contributed by atoms with Crippen molar-refractivity contribution in [1.29, 1.82) is 0 Å². The fourth-order valence-electron chi connectivity index (χ4n) is 2.94. The molecule has 2 aliphatic rings. The Morgan fingerprint density at radius 1 is 1.15 bits per heavy atom. The number of hydrogen-bond acceptors (Lipinski definition) is 2. The summed E-state index contributed by atoms with van der Waals surface area (Å²) in [7, 11) is 0. The molecule has 3 rings (SSSR count). The molecule has 0 radical (unpaired) electrons. The zero-order chi connectivity index (χ0) is 14.0. The molecule has 1 N–H and O–H groups in total. The summed E-state index contributed by atoms with van der Waals surface area (Å²) in [5.74, 6) is -0.857. The number of benzene rings is 1. The molecule has 110 valence electrons. The maximum Gasteiger partial charge on any atom is 0.129 e. The van der Waals surface area contributed by atoms with Crippen molar-refractivity contribution in [2.45, 2.75) is 38.1 Å². The highest BCUT2D eigenvalue weighted by atomic mass is 19.1. The summed E-state index contributed by atoms with van der Waals surface area (Å²) in [5.41, 5.74) is 0.149. The molecule has 1 aromatic rings. The van der Waals surface area contributed by atoms with Crippen LogP contribution < -0.4 is 5.32 Å². The fourth-order valence-corrected chi connectivity index (χ4v) is 2.94. The summed E-state index contributed by atoms with van der Waals surface area (Å²) >= 11 is 0. The van der Waals surface area contributed by atoms with Crippen molar-refractivity contribution in [2.75, 3.05) is 19.8 Å². The zero-order valence-corrected chi connectivity index (χ0v) is 11.6. The van der Waals surface area contributed by atoms with Gasteiger partial charge in [-0.25, -0.2) is 8.78 Å². The van der Waals surface area contributed by atoms with Crippen LogP contribution in [0.15, 0.2) is 18.2 Å². The van der Waals surface area contributed by atoms with Gasteiger partial charge < -0.3 is 10.1 Å². The first-order valence-corrected chi connectivity index (χ1v) is 7.43. The first-order valence-electron chi connectivity index (χ1n) is 7.43. The molecule has 0 spiro atoms. The second-order valence-corrected chi connectivity index (χ2v) is 6.14. The quantitative estimate of drug-likeness (QED) is 0.895. The molecule has 0 amide bonds. The van der Waals surface area contributed by atoms with Crippen LogP contribution in [0.4, 0.5) is 8.78 Å². The molecule has 0 unspecified atom stereocenters. The van der Waals surface area contributed by atoms with E-state index in [4.69, 9.17) is 4.74 Å². The lowest BCUT2D eigenvalue weighted by Gasteiger charge is -2.38. The highest BCUT2D eigenvalue weighted by Crippen LogP contribution is 2.36. The van der Waals surface area contributed by atoms with Gasteiger partial charge in [0, 0.05) is 31.4 Å². The first kappa shape index (κ1) is 14.0. The number of hydrogen-bond donors (Lipinski definition) is 1. The van der Waals surface area contributed by atoms with E-state index in [-0.39, 0.29) is 11.0 Å². The van der Waals surface area contributed by atoms with E-state index in [1.165, 1.54) is 31.0 Å². The number of nitrogens with one attached hydrogen (secondary N) is 1. The van der Waals surface area contributed by atoms with Gasteiger partial charge in [-0.15, -0.1) is 0 Å². The minimum absolute atomic E-state index is 0.0795. The van der Waals surface area contributed by atoms with Gasteiger partial charge in [-0.2, -0.15) is 0 Å². The van der Waals surface area contributed by atoms with E-state index < -0.39 is 11.6 Å². The molecule has 1 aliphatic carbocycles. The van der Waals surface area contributed by atoms with Crippen LogP contribution in [-0.2, 0) is 11.2 Å². The molecule has 0 atom stereocenters. The topological polar surface area (TPSA) is 21.3 Å². The van der Waals surface area contributed by atoms with Crippen LogP contribution in [0.25, 0.3) is 0 Å². The van der Waals surface area contributed by atoms with Crippen molar-refractivity contribution in [3.63, 3.8) is 0 Å². The maximum atomic E-state index is 13.9. The summed E-state index contributed by atoms with van der Waals surface area (Å²) in [6.45, 7) is 2.19. The summed E-state index contributed by atoms with van der Waals surface area (Å²) in [5, 5.41) is 3.53. The van der Waals surface area contributed by atoms with Gasteiger partial charge in [-0.05, 0) is 49.7 Å². The highest BCUT2D eigenvalue weighted by molar-refractivity contribution is 5.21. The number of rotatable bonds is 5. The standard InChI is InChI=1S/C16H21F2NO/c17-14-2-1-3-15(18)13(14)10-16(6-8-20-9-7-16)11-19-12-4-5-12/h1-3,12,19H,4-11H2. The van der Waals surface area contributed by atoms with E-state index in [9.17, 15) is 8.78 Å². The molecular weight excluding hydrogens is 260 g/mol. The van der Waals surface area contributed by atoms with Gasteiger partial charge in [-0.1, -0.05) is 6.07 Å². The van der Waals surface area contributed by atoms with Crippen LogP contribution >= 0.6 is 0 Å². The Balaban J connectivity index is 1.77. The van der Waals surface area contributed by atoms with Gasteiger partial charge >= 0.3 is 0 Å². The van der Waals surface area contributed by atoms with Crippen molar-refractivity contribution < 1.29 is 13.5 Å². The predicted octanol–water partition coefficient (Wildman–Crippen LogP) is 3.06. The average Bonchev–Trinajstić information content (AvgIpc) is 3.27. The molecule has 1 aliphatic heterocycles. The molecule has 0 aromatic heterocycles. The van der Waals surface area contributed by atoms with Gasteiger partial charge in [0.1, 0.15) is 11.6 Å². The molecule has 0 bridgehead atoms. The maximum absolute atomic E-state index is 13.9. The van der Waals surface area contributed by atoms with Crippen molar-refractivity contribution in [3.8, 4) is 0 Å². The second-order valence-electron chi connectivity index (χ2n) is 6.14. The highest BCUT2D eigenvalue weighted by Gasteiger charge is 2.36. The minimum Gasteiger partial charge on any atom is -0.381 e. The fraction of sp³-hybridized carbons (Fsp3) is 0.625. The Bertz CT molecular complexity index is 447. The normalized spacial score (nSPS) is 21.9. The van der Waals surface area contributed by atoms with Crippen LogP contribution in [0.5, 0.6) is 0 Å². The van der Waals surface area contributed by atoms with Crippen molar-refractivity contribution in [1.82, 2.24) is 5.32 Å². The van der Waals surface area contributed by atoms with Crippen molar-refractivity contribution >= 4 is 0 Å². The summed E-state index contributed by atoms with van der Waals surface area (Å²) in [6, 6.07) is 4.73. The van der Waals surface area contributed by atoms with E-state index in [0.717, 1.165) is 19.4 Å². The van der Waals surface area contributed by atoms with E-state index >= 15 is 0 Å². The third-order valence-corrected chi connectivity index (χ3v) is 4.51. The summed E-state index contributed by atoms with van der Waals surface area (Å²) in [4.78, 5) is 0. The van der Waals surface area contributed by atoms with E-state index in [1.54, 1.807) is 0 Å². The monoisotopic (exact) mass is 281 g/mol. The van der Waals surface area contributed by atoms with E-state index in [0.29, 0.717) is 25.7 Å². The Kier molecular flexibility index (Phi) is 4.03. The third kappa shape index (κ3) is 3.18. The van der Waals surface area contributed by atoms with Gasteiger partial charge in [0.2, 0.25) is 0 Å². The molecule has 1 heterocycles. The third-order valence-electron chi connectivity index (χ3n) is 4.51. The van der Waals surface area contributed by atoms with Gasteiger partial charge in [0.05, 0.1) is 0 Å². The van der Waals surface area contributed by atoms with Gasteiger partial charge in [-0.3, -0.25) is 0 Å². The summed E-state index contributed by atoms with van der Waals surface area (Å²) < 4.78 is 33.2. The Labute approximate surface area is 118 Å². The largest absolute Gasteiger partial charge is 0.381 e. The van der Waals surface area contributed by atoms with Crippen LogP contribution in [0, 0.1) is 17.0 Å². The van der Waals surface area contributed by atoms with Gasteiger partial charge in [0.15, 0.2) is 0 Å². The van der Waals surface area contributed by atoms with Crippen molar-refractivity contribution in [2.24, 2.45) is 5.41 Å². The number of ether oxygens (including phenoxy) is 1. The number of halogens is 2. The smallest absolute Gasteiger partial charge is 0.129 e. The lowest BCUT2D eigenvalue weighted by Crippen LogP contribution is -2.42. The Hall–Kier alpha value is -1.00. The molecule has 1 saturated carbocycles. The van der Waals surface area contributed by atoms with Gasteiger partial charge in [0.25, 0.3) is 0 Å². The molecule has 20 heavy (non-hydrogen) atoms. The molecular formula is C16H21F2NO.